The van der Waals surface area contributed by atoms with Gasteiger partial charge in [-0.05, 0) is 18.1 Å². The molecule has 1 N–H and O–H groups in total. The summed E-state index contributed by atoms with van der Waals surface area (Å²) in [5, 5.41) is 9.77. The van der Waals surface area contributed by atoms with E-state index in [0.29, 0.717) is 6.61 Å². The summed E-state index contributed by atoms with van der Waals surface area (Å²) in [6.45, 7) is 17.3. The van der Waals surface area contributed by atoms with Gasteiger partial charge in [0.15, 0.2) is 8.32 Å². The van der Waals surface area contributed by atoms with Crippen molar-refractivity contribution < 1.29 is 9.53 Å². The molecule has 0 saturated heterocycles. The van der Waals surface area contributed by atoms with Gasteiger partial charge in [0.1, 0.15) is 0 Å². The van der Waals surface area contributed by atoms with Gasteiger partial charge in [-0.3, -0.25) is 0 Å². The van der Waals surface area contributed by atoms with Crippen LogP contribution in [-0.2, 0) is 4.43 Å². The van der Waals surface area contributed by atoms with Gasteiger partial charge >= 0.3 is 0 Å². The van der Waals surface area contributed by atoms with E-state index >= 15 is 0 Å². The Kier molecular flexibility index (Phi) is 5.24. The number of aliphatic hydroxyl groups is 1. The Bertz CT molecular complexity index is 206. The maximum atomic E-state index is 9.54. The molecule has 0 rings (SSSR count). The average Bonchev–Trinajstić information content (AvgIpc) is 2.11. The monoisotopic (exact) mass is 230 g/mol. The van der Waals surface area contributed by atoms with Gasteiger partial charge in [-0.25, -0.2) is 0 Å². The van der Waals surface area contributed by atoms with Gasteiger partial charge in [-0.1, -0.05) is 33.8 Å². The van der Waals surface area contributed by atoms with E-state index in [2.05, 4.69) is 40.4 Å². The smallest absolute Gasteiger partial charge is 0.191 e. The van der Waals surface area contributed by atoms with Crippen molar-refractivity contribution in [2.45, 2.75) is 51.9 Å². The number of hydrogen-bond acceptors (Lipinski definition) is 2. The second kappa shape index (κ2) is 5.28. The van der Waals surface area contributed by atoms with E-state index in [1.165, 1.54) is 0 Å². The van der Waals surface area contributed by atoms with Crippen molar-refractivity contribution in [2.75, 3.05) is 6.61 Å². The Balaban J connectivity index is 4.21. The largest absolute Gasteiger partial charge is 0.416 e. The predicted molar refractivity (Wildman–Crippen MR) is 68.5 cm³/mol. The van der Waals surface area contributed by atoms with Gasteiger partial charge in [0, 0.05) is 12.5 Å². The number of aliphatic hydroxyl groups excluding tert-OH is 1. The minimum atomic E-state index is -1.67. The molecule has 0 amide bonds. The second-order valence-corrected chi connectivity index (χ2v) is 10.6. The van der Waals surface area contributed by atoms with Crippen molar-refractivity contribution in [2.24, 2.45) is 5.92 Å². The van der Waals surface area contributed by atoms with Crippen LogP contribution in [0.5, 0.6) is 0 Å². The Hall–Kier alpha value is -0.123. The van der Waals surface area contributed by atoms with Crippen molar-refractivity contribution in [3.63, 3.8) is 0 Å². The predicted octanol–water partition coefficient (Wildman–Crippen LogP) is 3.19. The van der Waals surface area contributed by atoms with Crippen LogP contribution in [0.25, 0.3) is 0 Å². The van der Waals surface area contributed by atoms with Crippen LogP contribution in [0.2, 0.25) is 18.1 Å². The molecule has 0 aromatic carbocycles. The first-order valence-corrected chi connectivity index (χ1v) is 8.47. The molecule has 2 nitrogen and oxygen atoms in total. The highest BCUT2D eigenvalue weighted by atomic mass is 28.4. The highest BCUT2D eigenvalue weighted by Gasteiger charge is 2.37. The van der Waals surface area contributed by atoms with Gasteiger partial charge in [0.2, 0.25) is 0 Å². The minimum Gasteiger partial charge on any atom is -0.416 e. The summed E-state index contributed by atoms with van der Waals surface area (Å²) in [7, 11) is -1.67. The molecule has 0 aliphatic rings. The van der Waals surface area contributed by atoms with Crippen molar-refractivity contribution in [1.29, 1.82) is 0 Å². The van der Waals surface area contributed by atoms with Gasteiger partial charge < -0.3 is 9.53 Å². The maximum Gasteiger partial charge on any atom is 0.191 e. The number of hydrogen-bond donors (Lipinski definition) is 1. The zero-order chi connectivity index (χ0) is 12.3. The molecule has 0 unspecified atom stereocenters. The van der Waals surface area contributed by atoms with E-state index in [1.807, 2.05) is 6.92 Å². The molecule has 0 saturated carbocycles. The van der Waals surface area contributed by atoms with Crippen LogP contribution in [0.1, 0.15) is 27.7 Å². The highest BCUT2D eigenvalue weighted by Crippen LogP contribution is 2.36. The van der Waals surface area contributed by atoms with E-state index in [-0.39, 0.29) is 11.0 Å². The van der Waals surface area contributed by atoms with Gasteiger partial charge in [0.05, 0.1) is 6.10 Å². The molecule has 0 heterocycles. The van der Waals surface area contributed by atoms with Gasteiger partial charge in [-0.2, -0.15) is 0 Å². The van der Waals surface area contributed by atoms with Crippen LogP contribution in [-0.4, -0.2) is 26.1 Å². The Morgan fingerprint density at radius 1 is 1.40 bits per heavy atom. The lowest BCUT2D eigenvalue weighted by Gasteiger charge is -2.37. The van der Waals surface area contributed by atoms with E-state index in [1.54, 1.807) is 6.08 Å². The molecule has 0 aromatic rings. The fourth-order valence-corrected chi connectivity index (χ4v) is 2.00. The summed E-state index contributed by atoms with van der Waals surface area (Å²) in [4.78, 5) is 0. The standard InChI is InChI=1S/C12H26O2Si/c1-8-11(13)10(2)9-14-15(6,7)12(3,4)5/h8,10-11,13H,1,9H2,2-7H3/t10-,11-/m0/s1. The summed E-state index contributed by atoms with van der Waals surface area (Å²) in [6, 6.07) is 0. The van der Waals surface area contributed by atoms with Gasteiger partial charge in [0.25, 0.3) is 0 Å². The quantitative estimate of drug-likeness (QED) is 0.580. The van der Waals surface area contributed by atoms with E-state index in [0.717, 1.165) is 0 Å². The normalized spacial score (nSPS) is 17.3. The van der Waals surface area contributed by atoms with Crippen molar-refractivity contribution in [1.82, 2.24) is 0 Å². The lowest BCUT2D eigenvalue weighted by molar-refractivity contribution is 0.115. The molecule has 90 valence electrons. The highest BCUT2D eigenvalue weighted by molar-refractivity contribution is 6.74. The minimum absolute atomic E-state index is 0.122. The molecule has 0 aliphatic carbocycles. The lowest BCUT2D eigenvalue weighted by atomic mass is 10.1. The molecule has 0 fully saturated rings. The second-order valence-electron chi connectivity index (χ2n) is 5.77. The first kappa shape index (κ1) is 14.9. The fourth-order valence-electron chi connectivity index (χ4n) is 0.887. The maximum absolute atomic E-state index is 9.54. The van der Waals surface area contributed by atoms with Crippen LogP contribution >= 0.6 is 0 Å². The van der Waals surface area contributed by atoms with E-state index in [9.17, 15) is 5.11 Å². The third kappa shape index (κ3) is 4.49. The Morgan fingerprint density at radius 2 is 1.87 bits per heavy atom. The van der Waals surface area contributed by atoms with E-state index in [4.69, 9.17) is 4.43 Å². The first-order valence-electron chi connectivity index (χ1n) is 5.56. The third-order valence-corrected chi connectivity index (χ3v) is 7.84. The molecule has 3 heteroatoms. The molecule has 0 radical (unpaired) electrons. The molecule has 0 bridgehead atoms. The molecule has 15 heavy (non-hydrogen) atoms. The molecular weight excluding hydrogens is 204 g/mol. The summed E-state index contributed by atoms with van der Waals surface area (Å²) in [6.07, 6.45) is 1.11. The molecule has 0 aliphatic heterocycles. The third-order valence-electron chi connectivity index (χ3n) is 3.34. The van der Waals surface area contributed by atoms with Crippen molar-refractivity contribution in [3.8, 4) is 0 Å². The molecule has 0 aromatic heterocycles. The summed E-state index contributed by atoms with van der Waals surface area (Å²) in [5.74, 6) is 0.122. The van der Waals surface area contributed by atoms with Crippen molar-refractivity contribution >= 4 is 8.32 Å². The van der Waals surface area contributed by atoms with Crippen LogP contribution in [0, 0.1) is 5.92 Å². The summed E-state index contributed by atoms with van der Waals surface area (Å²) < 4.78 is 6.01. The van der Waals surface area contributed by atoms with Gasteiger partial charge in [-0.15, -0.1) is 6.58 Å². The molecule has 2 atom stereocenters. The zero-order valence-corrected chi connectivity index (χ0v) is 12.0. The van der Waals surface area contributed by atoms with E-state index < -0.39 is 14.4 Å². The topological polar surface area (TPSA) is 29.5 Å². The van der Waals surface area contributed by atoms with Crippen LogP contribution in [0.15, 0.2) is 12.7 Å². The number of rotatable bonds is 5. The zero-order valence-electron chi connectivity index (χ0n) is 11.0. The van der Waals surface area contributed by atoms with Crippen LogP contribution < -0.4 is 0 Å². The molecule has 0 spiro atoms. The Morgan fingerprint density at radius 3 is 2.20 bits per heavy atom. The lowest BCUT2D eigenvalue weighted by Crippen LogP contribution is -2.42. The Labute approximate surface area is 95.5 Å². The summed E-state index contributed by atoms with van der Waals surface area (Å²) in [5.41, 5.74) is 0. The summed E-state index contributed by atoms with van der Waals surface area (Å²) >= 11 is 0. The first-order chi connectivity index (χ1) is 6.62. The van der Waals surface area contributed by atoms with Crippen molar-refractivity contribution in [3.05, 3.63) is 12.7 Å². The molecular formula is C12H26O2Si. The fraction of sp³-hybridized carbons (Fsp3) is 0.833. The SMILES string of the molecule is C=C[C@H](O)[C@@H](C)CO[Si](C)(C)C(C)(C)C. The average molecular weight is 230 g/mol. The van der Waals surface area contributed by atoms with Crippen LogP contribution in [0.4, 0.5) is 0 Å². The van der Waals surface area contributed by atoms with Crippen LogP contribution in [0.3, 0.4) is 0 Å².